The smallest absolute Gasteiger partial charge is 0.387 e. The van der Waals surface area contributed by atoms with Gasteiger partial charge in [0.25, 0.3) is 0 Å². The summed E-state index contributed by atoms with van der Waals surface area (Å²) in [4.78, 5) is 24.3. The number of rotatable bonds is 9. The summed E-state index contributed by atoms with van der Waals surface area (Å²) in [6, 6.07) is 5.24. The highest BCUT2D eigenvalue weighted by molar-refractivity contribution is 5.99. The van der Waals surface area contributed by atoms with Crippen LogP contribution in [0.25, 0.3) is 11.1 Å². The van der Waals surface area contributed by atoms with Crippen molar-refractivity contribution in [1.82, 2.24) is 24.7 Å². The number of ether oxygens (including phenoxy) is 1. The van der Waals surface area contributed by atoms with Crippen molar-refractivity contribution in [2.75, 3.05) is 16.0 Å². The molecule has 0 radical (unpaired) electrons. The maximum Gasteiger partial charge on any atom is 0.387 e. The largest absolute Gasteiger partial charge is 0.433 e. The van der Waals surface area contributed by atoms with Crippen molar-refractivity contribution < 1.29 is 22.7 Å². The lowest BCUT2D eigenvalue weighted by atomic mass is 10.1. The lowest BCUT2D eigenvalue weighted by Gasteiger charge is -2.15. The third-order valence-corrected chi connectivity index (χ3v) is 4.67. The van der Waals surface area contributed by atoms with Crippen LogP contribution in [0.4, 0.5) is 42.0 Å². The van der Waals surface area contributed by atoms with Crippen LogP contribution in [0.15, 0.2) is 67.9 Å². The van der Waals surface area contributed by atoms with Crippen molar-refractivity contribution in [3.05, 3.63) is 73.7 Å². The first-order chi connectivity index (χ1) is 17.3. The van der Waals surface area contributed by atoms with Crippen molar-refractivity contribution >= 4 is 34.7 Å². The number of hydrogen-bond donors (Lipinski definition) is 3. The molecule has 36 heavy (non-hydrogen) atoms. The standard InChI is InChI=1S/C23H19F3N8O2/c1-3-20(35)30-14-4-5-18(24)19(7-14)32-21-17(13-6-16(10-27-8-13)36-22(25)26)11-28-23(33-21)31-15-9-29-34(2)12-15/h3-12,22H,1H2,2H3,(H,30,35)(H2,28,31,32,33). The number of aromatic nitrogens is 5. The van der Waals surface area contributed by atoms with Crippen LogP contribution in [0.3, 0.4) is 0 Å². The Labute approximate surface area is 202 Å². The van der Waals surface area contributed by atoms with Gasteiger partial charge in [0.05, 0.1) is 23.8 Å². The maximum atomic E-state index is 14.7. The predicted molar refractivity (Wildman–Crippen MR) is 127 cm³/mol. The molecule has 0 atom stereocenters. The van der Waals surface area contributed by atoms with Crippen LogP contribution in [0.2, 0.25) is 0 Å². The first kappa shape index (κ1) is 24.2. The summed E-state index contributed by atoms with van der Waals surface area (Å²) in [5, 5.41) is 12.5. The minimum atomic E-state index is -3.04. The Hall–Kier alpha value is -4.94. The molecule has 0 aliphatic rings. The molecule has 0 unspecified atom stereocenters. The molecule has 0 aliphatic carbocycles. The summed E-state index contributed by atoms with van der Waals surface area (Å²) in [6.07, 6.45) is 8.28. The predicted octanol–water partition coefficient (Wildman–Crippen LogP) is 4.62. The fourth-order valence-electron chi connectivity index (χ4n) is 3.12. The molecular formula is C23H19F3N8O2. The van der Waals surface area contributed by atoms with Crippen molar-refractivity contribution in [2.45, 2.75) is 6.61 Å². The Morgan fingerprint density at radius 1 is 1.14 bits per heavy atom. The number of hydrogen-bond acceptors (Lipinski definition) is 8. The lowest BCUT2D eigenvalue weighted by molar-refractivity contribution is -0.111. The molecule has 0 bridgehead atoms. The summed E-state index contributed by atoms with van der Waals surface area (Å²) < 4.78 is 46.1. The van der Waals surface area contributed by atoms with Gasteiger partial charge in [-0.2, -0.15) is 18.9 Å². The number of nitrogens with zero attached hydrogens (tertiary/aromatic N) is 5. The van der Waals surface area contributed by atoms with E-state index in [-0.39, 0.29) is 23.2 Å². The monoisotopic (exact) mass is 496 g/mol. The second-order valence-electron chi connectivity index (χ2n) is 7.28. The van der Waals surface area contributed by atoms with Gasteiger partial charge < -0.3 is 20.7 Å². The molecule has 3 N–H and O–H groups in total. The average Bonchev–Trinajstić information content (AvgIpc) is 3.25. The number of nitrogens with one attached hydrogen (secondary N) is 3. The number of anilines is 5. The van der Waals surface area contributed by atoms with Gasteiger partial charge in [0.1, 0.15) is 17.4 Å². The molecule has 184 valence electrons. The van der Waals surface area contributed by atoms with Gasteiger partial charge in [-0.05, 0) is 30.3 Å². The number of carbonyl (C=O) groups excluding carboxylic acids is 1. The van der Waals surface area contributed by atoms with E-state index < -0.39 is 18.3 Å². The summed E-state index contributed by atoms with van der Waals surface area (Å²) in [5.74, 6) is -1.01. The minimum Gasteiger partial charge on any atom is -0.433 e. The molecule has 0 aliphatic heterocycles. The molecule has 1 amide bonds. The van der Waals surface area contributed by atoms with E-state index in [4.69, 9.17) is 0 Å². The van der Waals surface area contributed by atoms with E-state index >= 15 is 0 Å². The molecule has 13 heteroatoms. The molecule has 0 fully saturated rings. The topological polar surface area (TPSA) is 119 Å². The summed E-state index contributed by atoms with van der Waals surface area (Å²) in [5.41, 5.74) is 1.55. The van der Waals surface area contributed by atoms with Gasteiger partial charge in [-0.3, -0.25) is 14.5 Å². The molecule has 1 aromatic carbocycles. The molecule has 3 heterocycles. The third kappa shape index (κ3) is 5.94. The van der Waals surface area contributed by atoms with Crippen molar-refractivity contribution in [3.8, 4) is 16.9 Å². The highest BCUT2D eigenvalue weighted by Crippen LogP contribution is 2.33. The first-order valence-corrected chi connectivity index (χ1v) is 10.3. The highest BCUT2D eigenvalue weighted by atomic mass is 19.3. The van der Waals surface area contributed by atoms with Gasteiger partial charge in [0.15, 0.2) is 0 Å². The Morgan fingerprint density at radius 3 is 2.69 bits per heavy atom. The Morgan fingerprint density at radius 2 is 1.97 bits per heavy atom. The molecule has 0 spiro atoms. The minimum absolute atomic E-state index is 0.0166. The third-order valence-electron chi connectivity index (χ3n) is 4.67. The molecule has 4 aromatic rings. The van der Waals surface area contributed by atoms with E-state index in [1.54, 1.807) is 24.1 Å². The van der Waals surface area contributed by atoms with Crippen LogP contribution in [0, 0.1) is 5.82 Å². The van der Waals surface area contributed by atoms with Gasteiger partial charge in [-0.15, -0.1) is 0 Å². The van der Waals surface area contributed by atoms with Gasteiger partial charge in [-0.25, -0.2) is 9.37 Å². The number of carbonyl (C=O) groups is 1. The van der Waals surface area contributed by atoms with E-state index in [1.165, 1.54) is 30.6 Å². The van der Waals surface area contributed by atoms with Crippen molar-refractivity contribution in [1.29, 1.82) is 0 Å². The van der Waals surface area contributed by atoms with Crippen LogP contribution in [-0.4, -0.2) is 37.3 Å². The average molecular weight is 496 g/mol. The highest BCUT2D eigenvalue weighted by Gasteiger charge is 2.15. The zero-order valence-electron chi connectivity index (χ0n) is 18.7. The van der Waals surface area contributed by atoms with Gasteiger partial charge in [0.2, 0.25) is 11.9 Å². The lowest BCUT2D eigenvalue weighted by Crippen LogP contribution is -2.08. The van der Waals surface area contributed by atoms with Crippen molar-refractivity contribution in [3.63, 3.8) is 0 Å². The Kier molecular flexibility index (Phi) is 7.09. The second kappa shape index (κ2) is 10.5. The number of aryl methyl sites for hydroxylation is 1. The maximum absolute atomic E-state index is 14.7. The van der Waals surface area contributed by atoms with Crippen molar-refractivity contribution in [2.24, 2.45) is 7.05 Å². The number of benzene rings is 1. The first-order valence-electron chi connectivity index (χ1n) is 10.3. The quantitative estimate of drug-likeness (QED) is 0.287. The number of halogens is 3. The van der Waals surface area contributed by atoms with Crippen LogP contribution < -0.4 is 20.7 Å². The molecule has 0 saturated heterocycles. The molecule has 3 aromatic heterocycles. The van der Waals surface area contributed by atoms with E-state index in [9.17, 15) is 18.0 Å². The zero-order valence-corrected chi connectivity index (χ0v) is 18.7. The zero-order chi connectivity index (χ0) is 25.7. The second-order valence-corrected chi connectivity index (χ2v) is 7.28. The number of pyridine rings is 1. The SMILES string of the molecule is C=CC(=O)Nc1ccc(F)c(Nc2nc(Nc3cnn(C)c3)ncc2-c2cncc(OC(F)F)c2)c1. The van der Waals surface area contributed by atoms with E-state index in [2.05, 4.69) is 47.3 Å². The van der Waals surface area contributed by atoms with Gasteiger partial charge in [-0.1, -0.05) is 6.58 Å². The van der Waals surface area contributed by atoms with Crippen LogP contribution >= 0.6 is 0 Å². The summed E-state index contributed by atoms with van der Waals surface area (Å²) in [6.45, 7) is 0.348. The normalized spacial score (nSPS) is 10.7. The van der Waals surface area contributed by atoms with Crippen LogP contribution in [0.5, 0.6) is 5.75 Å². The fourth-order valence-corrected chi connectivity index (χ4v) is 3.12. The summed E-state index contributed by atoms with van der Waals surface area (Å²) >= 11 is 0. The number of alkyl halides is 2. The van der Waals surface area contributed by atoms with E-state index in [0.29, 0.717) is 22.5 Å². The Balaban J connectivity index is 1.74. The molecule has 10 nitrogen and oxygen atoms in total. The fraction of sp³-hybridized carbons (Fsp3) is 0.0870. The summed E-state index contributed by atoms with van der Waals surface area (Å²) in [7, 11) is 1.74. The molecule has 0 saturated carbocycles. The van der Waals surface area contributed by atoms with Crippen LogP contribution in [0.1, 0.15) is 0 Å². The van der Waals surface area contributed by atoms with E-state index in [1.807, 2.05) is 0 Å². The van der Waals surface area contributed by atoms with E-state index in [0.717, 1.165) is 18.3 Å². The Bertz CT molecular complexity index is 1410. The molecule has 4 rings (SSSR count). The van der Waals surface area contributed by atoms with Gasteiger partial charge >= 0.3 is 6.61 Å². The van der Waals surface area contributed by atoms with Gasteiger partial charge in [0, 0.05) is 42.5 Å². The number of amides is 1. The molecular weight excluding hydrogens is 477 g/mol. The van der Waals surface area contributed by atoms with Crippen LogP contribution in [-0.2, 0) is 11.8 Å².